The van der Waals surface area contributed by atoms with Crippen LogP contribution in [0.3, 0.4) is 0 Å². The number of hydrogen-bond acceptors (Lipinski definition) is 2. The highest BCUT2D eigenvalue weighted by Gasteiger charge is 2.10. The van der Waals surface area contributed by atoms with Gasteiger partial charge in [-0.05, 0) is 47.4 Å². The molecule has 1 heterocycles. The van der Waals surface area contributed by atoms with Crippen molar-refractivity contribution in [3.63, 3.8) is 0 Å². The van der Waals surface area contributed by atoms with Crippen LogP contribution in [0.1, 0.15) is 16.7 Å². The largest absolute Gasteiger partial charge is 0.326 e. The maximum absolute atomic E-state index is 10.9. The van der Waals surface area contributed by atoms with Crippen LogP contribution in [0.4, 0.5) is 0 Å². The van der Waals surface area contributed by atoms with E-state index in [1.807, 2.05) is 42.6 Å². The van der Waals surface area contributed by atoms with Crippen LogP contribution in [0.25, 0.3) is 16.9 Å². The molecule has 0 bridgehead atoms. The fourth-order valence-electron chi connectivity index (χ4n) is 2.81. The Labute approximate surface area is 144 Å². The third-order valence-electron chi connectivity index (χ3n) is 4.06. The number of aryl methyl sites for hydroxylation is 1. The minimum atomic E-state index is -1.82. The molecule has 3 rings (SSSR count). The lowest BCUT2D eigenvalue weighted by Gasteiger charge is -2.12. The normalized spacial score (nSPS) is 12.3. The standard InChI is InChI=1S/C19H20N2O2S/c1-14-10-11-21(18-8-4-16(5-9-18)13-24(22)23)19(14)17-6-2-15(12-20)3-7-17/h2-11H,12-13,20H2,1H3,(H,22,23). The number of hydrogen-bond donors (Lipinski definition) is 2. The van der Waals surface area contributed by atoms with E-state index in [1.54, 1.807) is 0 Å². The van der Waals surface area contributed by atoms with Gasteiger partial charge in [0.1, 0.15) is 0 Å². The van der Waals surface area contributed by atoms with E-state index < -0.39 is 11.1 Å². The van der Waals surface area contributed by atoms with E-state index in [9.17, 15) is 4.21 Å². The summed E-state index contributed by atoms with van der Waals surface area (Å²) < 4.78 is 22.0. The lowest BCUT2D eigenvalue weighted by atomic mass is 10.1. The summed E-state index contributed by atoms with van der Waals surface area (Å²) in [5.74, 6) is 0.151. The molecule has 4 nitrogen and oxygen atoms in total. The molecule has 1 unspecified atom stereocenters. The fourth-order valence-corrected chi connectivity index (χ4v) is 3.28. The van der Waals surface area contributed by atoms with Crippen LogP contribution in [-0.2, 0) is 23.4 Å². The van der Waals surface area contributed by atoms with Gasteiger partial charge >= 0.3 is 0 Å². The van der Waals surface area contributed by atoms with Gasteiger partial charge in [-0.15, -0.1) is 0 Å². The molecule has 0 saturated heterocycles. The SMILES string of the molecule is Cc1ccn(-c2ccc(CS(=O)O)cc2)c1-c1ccc(CN)cc1. The number of nitrogens with two attached hydrogens (primary N) is 1. The second-order valence-electron chi connectivity index (χ2n) is 5.75. The first kappa shape index (κ1) is 16.6. The number of nitrogens with zero attached hydrogens (tertiary/aromatic N) is 1. The van der Waals surface area contributed by atoms with Crippen molar-refractivity contribution in [1.82, 2.24) is 4.57 Å². The van der Waals surface area contributed by atoms with Gasteiger partial charge in [0, 0.05) is 18.4 Å². The average Bonchev–Trinajstić information content (AvgIpc) is 2.97. The van der Waals surface area contributed by atoms with Crippen LogP contribution < -0.4 is 5.73 Å². The lowest BCUT2D eigenvalue weighted by molar-refractivity contribution is 0.563. The van der Waals surface area contributed by atoms with Gasteiger partial charge in [0.15, 0.2) is 11.1 Å². The summed E-state index contributed by atoms with van der Waals surface area (Å²) in [6, 6.07) is 18.1. The van der Waals surface area contributed by atoms with Gasteiger partial charge in [-0.2, -0.15) is 0 Å². The molecule has 1 aromatic heterocycles. The van der Waals surface area contributed by atoms with Gasteiger partial charge in [0.05, 0.1) is 11.4 Å². The summed E-state index contributed by atoms with van der Waals surface area (Å²) in [5.41, 5.74) is 12.1. The topological polar surface area (TPSA) is 68.2 Å². The van der Waals surface area contributed by atoms with Gasteiger partial charge in [-0.1, -0.05) is 36.4 Å². The van der Waals surface area contributed by atoms with Gasteiger partial charge in [0.2, 0.25) is 0 Å². The Morgan fingerprint density at radius 2 is 1.62 bits per heavy atom. The van der Waals surface area contributed by atoms with Crippen molar-refractivity contribution in [3.05, 3.63) is 77.5 Å². The zero-order chi connectivity index (χ0) is 17.1. The molecule has 0 amide bonds. The van der Waals surface area contributed by atoms with Crippen LogP contribution in [0, 0.1) is 6.92 Å². The van der Waals surface area contributed by atoms with Crippen LogP contribution in [0.5, 0.6) is 0 Å². The second-order valence-corrected chi connectivity index (χ2v) is 6.68. The van der Waals surface area contributed by atoms with Crippen molar-refractivity contribution >= 4 is 11.1 Å². The van der Waals surface area contributed by atoms with Crippen molar-refractivity contribution in [3.8, 4) is 16.9 Å². The van der Waals surface area contributed by atoms with Crippen molar-refractivity contribution < 1.29 is 8.76 Å². The first-order valence-corrected chi connectivity index (χ1v) is 9.00. The predicted octanol–water partition coefficient (Wildman–Crippen LogP) is 3.63. The van der Waals surface area contributed by atoms with Gasteiger partial charge in [-0.25, -0.2) is 4.21 Å². The molecule has 0 aliphatic carbocycles. The highest BCUT2D eigenvalue weighted by atomic mass is 32.2. The van der Waals surface area contributed by atoms with Crippen LogP contribution in [0.2, 0.25) is 0 Å². The Hall–Kier alpha value is -2.21. The molecule has 2 aromatic carbocycles. The summed E-state index contributed by atoms with van der Waals surface area (Å²) in [6.45, 7) is 2.62. The maximum Gasteiger partial charge on any atom is 0.157 e. The number of rotatable bonds is 5. The van der Waals surface area contributed by atoms with E-state index in [0.29, 0.717) is 6.54 Å². The number of aromatic nitrogens is 1. The third-order valence-corrected chi connectivity index (χ3v) is 4.64. The molecule has 1 atom stereocenters. The Bertz CT molecular complexity index is 852. The van der Waals surface area contributed by atoms with Crippen LogP contribution in [-0.4, -0.2) is 13.3 Å². The lowest BCUT2D eigenvalue weighted by Crippen LogP contribution is -1.99. The minimum Gasteiger partial charge on any atom is -0.326 e. The zero-order valence-corrected chi connectivity index (χ0v) is 14.3. The van der Waals surface area contributed by atoms with Gasteiger partial charge in [0.25, 0.3) is 0 Å². The highest BCUT2D eigenvalue weighted by molar-refractivity contribution is 7.78. The Kier molecular flexibility index (Phi) is 4.94. The average molecular weight is 340 g/mol. The predicted molar refractivity (Wildman–Crippen MR) is 98.3 cm³/mol. The first-order chi connectivity index (χ1) is 11.6. The van der Waals surface area contributed by atoms with E-state index in [2.05, 4.69) is 29.7 Å². The Balaban J connectivity index is 1.98. The van der Waals surface area contributed by atoms with Crippen molar-refractivity contribution in [2.45, 2.75) is 19.2 Å². The van der Waals surface area contributed by atoms with E-state index in [4.69, 9.17) is 10.3 Å². The summed E-state index contributed by atoms with van der Waals surface area (Å²) in [7, 11) is 0. The van der Waals surface area contributed by atoms with E-state index in [-0.39, 0.29) is 5.75 Å². The molecule has 0 aliphatic heterocycles. The van der Waals surface area contributed by atoms with Gasteiger partial charge < -0.3 is 14.9 Å². The molecular weight excluding hydrogens is 320 g/mol. The summed E-state index contributed by atoms with van der Waals surface area (Å²) >= 11 is -1.82. The smallest absolute Gasteiger partial charge is 0.157 e. The first-order valence-electron chi connectivity index (χ1n) is 7.72. The Morgan fingerprint density at radius 3 is 2.21 bits per heavy atom. The van der Waals surface area contributed by atoms with E-state index in [0.717, 1.165) is 28.1 Å². The molecule has 0 radical (unpaired) electrons. The van der Waals surface area contributed by atoms with Crippen molar-refractivity contribution in [2.75, 3.05) is 0 Å². The Morgan fingerprint density at radius 1 is 1.00 bits per heavy atom. The zero-order valence-electron chi connectivity index (χ0n) is 13.5. The molecule has 3 aromatic rings. The highest BCUT2D eigenvalue weighted by Crippen LogP contribution is 2.28. The van der Waals surface area contributed by atoms with Crippen molar-refractivity contribution in [2.24, 2.45) is 5.73 Å². The van der Waals surface area contributed by atoms with Crippen molar-refractivity contribution in [1.29, 1.82) is 0 Å². The second kappa shape index (κ2) is 7.13. The molecule has 124 valence electrons. The van der Waals surface area contributed by atoms with E-state index in [1.165, 1.54) is 5.56 Å². The molecule has 24 heavy (non-hydrogen) atoms. The van der Waals surface area contributed by atoms with Crippen LogP contribution >= 0.6 is 0 Å². The molecular formula is C19H20N2O2S. The monoisotopic (exact) mass is 340 g/mol. The molecule has 5 heteroatoms. The molecule has 0 spiro atoms. The maximum atomic E-state index is 10.9. The molecule has 0 saturated carbocycles. The summed E-state index contributed by atoms with van der Waals surface area (Å²) in [6.07, 6.45) is 2.04. The van der Waals surface area contributed by atoms with Gasteiger partial charge in [-0.3, -0.25) is 0 Å². The van der Waals surface area contributed by atoms with E-state index >= 15 is 0 Å². The minimum absolute atomic E-state index is 0.151. The molecule has 0 fully saturated rings. The van der Waals surface area contributed by atoms with Crippen LogP contribution in [0.15, 0.2) is 60.8 Å². The third kappa shape index (κ3) is 3.48. The molecule has 3 N–H and O–H groups in total. The summed E-state index contributed by atoms with van der Waals surface area (Å²) in [4.78, 5) is 0. The summed E-state index contributed by atoms with van der Waals surface area (Å²) in [5, 5.41) is 0. The quantitative estimate of drug-likeness (QED) is 0.697. The molecule has 0 aliphatic rings. The fraction of sp³-hybridized carbons (Fsp3) is 0.158. The number of benzene rings is 2.